The van der Waals surface area contributed by atoms with Crippen molar-refractivity contribution < 1.29 is 4.79 Å². The minimum absolute atomic E-state index is 0.0475. The van der Waals surface area contributed by atoms with Gasteiger partial charge in [-0.3, -0.25) is 9.79 Å². The van der Waals surface area contributed by atoms with E-state index in [2.05, 4.69) is 33.8 Å². The molecule has 1 aliphatic carbocycles. The highest BCUT2D eigenvalue weighted by molar-refractivity contribution is 5.94. The molecule has 0 bridgehead atoms. The monoisotopic (exact) mass is 399 g/mol. The highest BCUT2D eigenvalue weighted by Gasteiger charge is 2.26. The van der Waals surface area contributed by atoms with Crippen molar-refractivity contribution in [2.24, 2.45) is 10.9 Å². The molecule has 0 radical (unpaired) electrons. The first-order valence-corrected chi connectivity index (χ1v) is 11.3. The summed E-state index contributed by atoms with van der Waals surface area (Å²) < 4.78 is 0. The summed E-state index contributed by atoms with van der Waals surface area (Å²) in [4.78, 5) is 19.2. The van der Waals surface area contributed by atoms with Gasteiger partial charge in [-0.2, -0.15) is 0 Å². The van der Waals surface area contributed by atoms with Crippen LogP contribution in [0.25, 0.3) is 0 Å². The fourth-order valence-electron chi connectivity index (χ4n) is 4.50. The minimum atomic E-state index is -0.0475. The molecule has 1 saturated heterocycles. The summed E-state index contributed by atoms with van der Waals surface area (Å²) >= 11 is 0. The molecule has 1 saturated carbocycles. The van der Waals surface area contributed by atoms with Gasteiger partial charge in [0, 0.05) is 51.4 Å². The molecule has 1 atom stereocenters. The molecule has 0 aromatic heterocycles. The van der Waals surface area contributed by atoms with E-state index in [1.165, 1.54) is 45.2 Å². The van der Waals surface area contributed by atoms with Crippen LogP contribution in [0.15, 0.2) is 29.3 Å². The fourth-order valence-corrected chi connectivity index (χ4v) is 4.50. The zero-order chi connectivity index (χ0) is 20.5. The van der Waals surface area contributed by atoms with Crippen molar-refractivity contribution in [3.63, 3.8) is 0 Å². The van der Waals surface area contributed by atoms with Gasteiger partial charge in [0.25, 0.3) is 5.91 Å². The predicted molar refractivity (Wildman–Crippen MR) is 119 cm³/mol. The number of amides is 1. The lowest BCUT2D eigenvalue weighted by atomic mass is 10.1. The van der Waals surface area contributed by atoms with Crippen LogP contribution in [-0.4, -0.2) is 62.6 Å². The molecule has 1 aromatic carbocycles. The highest BCUT2D eigenvalue weighted by atomic mass is 16.1. The maximum atomic E-state index is 11.8. The third-order valence-electron chi connectivity index (χ3n) is 6.04. The van der Waals surface area contributed by atoms with Gasteiger partial charge in [0.1, 0.15) is 0 Å². The van der Waals surface area contributed by atoms with E-state index >= 15 is 0 Å². The molecular formula is C23H37N5O. The predicted octanol–water partition coefficient (Wildman–Crippen LogP) is 2.41. The first kappa shape index (κ1) is 21.6. The zero-order valence-corrected chi connectivity index (χ0v) is 18.0. The Balaban J connectivity index is 1.48. The quantitative estimate of drug-likeness (QED) is 0.464. The largest absolute Gasteiger partial charge is 0.357 e. The third-order valence-corrected chi connectivity index (χ3v) is 6.04. The summed E-state index contributed by atoms with van der Waals surface area (Å²) in [7, 11) is 1.66. The van der Waals surface area contributed by atoms with Gasteiger partial charge in [-0.25, -0.2) is 0 Å². The molecule has 3 rings (SSSR count). The van der Waals surface area contributed by atoms with E-state index in [-0.39, 0.29) is 5.91 Å². The third kappa shape index (κ3) is 6.74. The maximum absolute atomic E-state index is 11.8. The standard InChI is InChI=1S/C23H37N5O/c1-3-25-23(26-13-11-18-9-6-10-20(15-18)22(29)24-2)27-21-12-14-28(17-21)16-19-7-4-5-8-19/h6,9-10,15,19,21H,3-5,7-8,11-14,16-17H2,1-2H3,(H,24,29)(H2,25,26,27). The van der Waals surface area contributed by atoms with Crippen LogP contribution in [0, 0.1) is 5.92 Å². The summed E-state index contributed by atoms with van der Waals surface area (Å²) in [5, 5.41) is 9.68. The van der Waals surface area contributed by atoms with Gasteiger partial charge in [-0.05, 0) is 56.2 Å². The summed E-state index contributed by atoms with van der Waals surface area (Å²) in [5.41, 5.74) is 1.83. The molecular weight excluding hydrogens is 362 g/mol. The van der Waals surface area contributed by atoms with Crippen LogP contribution < -0.4 is 16.0 Å². The summed E-state index contributed by atoms with van der Waals surface area (Å²) in [6.45, 7) is 7.25. The van der Waals surface area contributed by atoms with Gasteiger partial charge in [-0.15, -0.1) is 0 Å². The average Bonchev–Trinajstić information content (AvgIpc) is 3.40. The first-order chi connectivity index (χ1) is 14.2. The molecule has 2 aliphatic rings. The van der Waals surface area contributed by atoms with Gasteiger partial charge in [0.15, 0.2) is 5.96 Å². The Kier molecular flexibility index (Phi) is 8.35. The number of nitrogens with zero attached hydrogens (tertiary/aromatic N) is 2. The number of carbonyl (C=O) groups is 1. The lowest BCUT2D eigenvalue weighted by Gasteiger charge is -2.21. The molecule has 160 valence electrons. The van der Waals surface area contributed by atoms with Crippen LogP contribution in [-0.2, 0) is 6.42 Å². The number of guanidine groups is 1. The number of likely N-dealkylation sites (tertiary alicyclic amines) is 1. The average molecular weight is 400 g/mol. The van der Waals surface area contributed by atoms with E-state index < -0.39 is 0 Å². The molecule has 1 aromatic rings. The number of hydrogen-bond acceptors (Lipinski definition) is 3. The molecule has 2 fully saturated rings. The van der Waals surface area contributed by atoms with Crippen LogP contribution in [0.3, 0.4) is 0 Å². The molecule has 1 unspecified atom stereocenters. The van der Waals surface area contributed by atoms with Crippen molar-refractivity contribution in [2.75, 3.05) is 39.8 Å². The van der Waals surface area contributed by atoms with Gasteiger partial charge < -0.3 is 20.9 Å². The number of rotatable bonds is 8. The molecule has 0 spiro atoms. The van der Waals surface area contributed by atoms with Gasteiger partial charge in [0.05, 0.1) is 0 Å². The normalized spacial score (nSPS) is 20.8. The molecule has 3 N–H and O–H groups in total. The molecule has 1 heterocycles. The number of benzene rings is 1. The van der Waals surface area contributed by atoms with E-state index in [0.717, 1.165) is 37.0 Å². The molecule has 6 heteroatoms. The number of aliphatic imine (C=N–C) groups is 1. The van der Waals surface area contributed by atoms with Crippen LogP contribution in [0.1, 0.15) is 54.9 Å². The van der Waals surface area contributed by atoms with E-state index in [9.17, 15) is 4.79 Å². The Hall–Kier alpha value is -2.08. The second-order valence-electron chi connectivity index (χ2n) is 8.33. The van der Waals surface area contributed by atoms with Crippen LogP contribution in [0.4, 0.5) is 0 Å². The van der Waals surface area contributed by atoms with Crippen molar-refractivity contribution in [2.45, 2.75) is 51.5 Å². The van der Waals surface area contributed by atoms with E-state index in [1.54, 1.807) is 7.05 Å². The SMILES string of the molecule is CCNC(=NCCc1cccc(C(=O)NC)c1)NC1CCN(CC2CCCC2)C1. The lowest BCUT2D eigenvalue weighted by molar-refractivity contribution is 0.0963. The van der Waals surface area contributed by atoms with Crippen molar-refractivity contribution in [1.82, 2.24) is 20.9 Å². The fraction of sp³-hybridized carbons (Fsp3) is 0.652. The summed E-state index contributed by atoms with van der Waals surface area (Å²) in [6, 6.07) is 8.26. The van der Waals surface area contributed by atoms with Crippen molar-refractivity contribution >= 4 is 11.9 Å². The van der Waals surface area contributed by atoms with Gasteiger partial charge in [-0.1, -0.05) is 25.0 Å². The molecule has 29 heavy (non-hydrogen) atoms. The maximum Gasteiger partial charge on any atom is 0.251 e. The smallest absolute Gasteiger partial charge is 0.251 e. The second-order valence-corrected chi connectivity index (χ2v) is 8.33. The van der Waals surface area contributed by atoms with Gasteiger partial charge in [0.2, 0.25) is 0 Å². The molecule has 6 nitrogen and oxygen atoms in total. The minimum Gasteiger partial charge on any atom is -0.357 e. The number of nitrogens with one attached hydrogen (secondary N) is 3. The van der Waals surface area contributed by atoms with E-state index in [1.807, 2.05) is 18.2 Å². The Morgan fingerprint density at radius 1 is 1.24 bits per heavy atom. The van der Waals surface area contributed by atoms with Crippen molar-refractivity contribution in [1.29, 1.82) is 0 Å². The summed E-state index contributed by atoms with van der Waals surface area (Å²) in [5.74, 6) is 1.78. The van der Waals surface area contributed by atoms with E-state index in [0.29, 0.717) is 18.2 Å². The Morgan fingerprint density at radius 2 is 2.07 bits per heavy atom. The Bertz CT molecular complexity index is 684. The van der Waals surface area contributed by atoms with Crippen molar-refractivity contribution in [3.05, 3.63) is 35.4 Å². The van der Waals surface area contributed by atoms with Crippen molar-refractivity contribution in [3.8, 4) is 0 Å². The van der Waals surface area contributed by atoms with Gasteiger partial charge >= 0.3 is 0 Å². The van der Waals surface area contributed by atoms with E-state index in [4.69, 9.17) is 4.99 Å². The topological polar surface area (TPSA) is 68.8 Å². The number of hydrogen-bond donors (Lipinski definition) is 3. The zero-order valence-electron chi connectivity index (χ0n) is 18.0. The molecule has 1 amide bonds. The van der Waals surface area contributed by atoms with Crippen LogP contribution in [0.2, 0.25) is 0 Å². The second kappa shape index (κ2) is 11.2. The lowest BCUT2D eigenvalue weighted by Crippen LogP contribution is -2.45. The first-order valence-electron chi connectivity index (χ1n) is 11.3. The Morgan fingerprint density at radius 3 is 2.83 bits per heavy atom. The summed E-state index contributed by atoms with van der Waals surface area (Å²) in [6.07, 6.45) is 7.68. The van der Waals surface area contributed by atoms with Crippen LogP contribution >= 0.6 is 0 Å². The Labute approximate surface area is 175 Å². The highest BCUT2D eigenvalue weighted by Crippen LogP contribution is 2.26. The van der Waals surface area contributed by atoms with Crippen LogP contribution in [0.5, 0.6) is 0 Å². The molecule has 1 aliphatic heterocycles. The number of carbonyl (C=O) groups excluding carboxylic acids is 1.